The SMILES string of the molecule is CC(C)C1CCCC12CCNC2. The van der Waals surface area contributed by atoms with Gasteiger partial charge in [0.25, 0.3) is 0 Å². The molecule has 2 rings (SSSR count). The largest absolute Gasteiger partial charge is 0.316 e. The summed E-state index contributed by atoms with van der Waals surface area (Å²) in [5.41, 5.74) is 0.716. The van der Waals surface area contributed by atoms with Crippen molar-refractivity contribution in [3.63, 3.8) is 0 Å². The monoisotopic (exact) mass is 167 g/mol. The first-order chi connectivity index (χ1) is 5.75. The Hall–Kier alpha value is -0.0400. The molecule has 2 fully saturated rings. The van der Waals surface area contributed by atoms with Gasteiger partial charge in [-0.1, -0.05) is 20.3 Å². The summed E-state index contributed by atoms with van der Waals surface area (Å²) in [6.07, 6.45) is 5.89. The molecule has 0 radical (unpaired) electrons. The quantitative estimate of drug-likeness (QED) is 0.632. The van der Waals surface area contributed by atoms with E-state index in [-0.39, 0.29) is 0 Å². The van der Waals surface area contributed by atoms with Gasteiger partial charge in [-0.3, -0.25) is 0 Å². The Bertz CT molecular complexity index is 151. The number of nitrogens with one attached hydrogen (secondary N) is 1. The van der Waals surface area contributed by atoms with Crippen molar-refractivity contribution < 1.29 is 0 Å². The third-order valence-corrected chi connectivity index (χ3v) is 4.06. The van der Waals surface area contributed by atoms with Crippen LogP contribution in [0.4, 0.5) is 0 Å². The molecule has 0 aromatic heterocycles. The van der Waals surface area contributed by atoms with Crippen LogP contribution < -0.4 is 5.32 Å². The first kappa shape index (κ1) is 8.55. The Morgan fingerprint density at radius 3 is 2.75 bits per heavy atom. The Labute approximate surface area is 75.9 Å². The van der Waals surface area contributed by atoms with E-state index in [9.17, 15) is 0 Å². The fourth-order valence-corrected chi connectivity index (χ4v) is 3.50. The van der Waals surface area contributed by atoms with Gasteiger partial charge in [-0.2, -0.15) is 0 Å². The predicted molar refractivity (Wildman–Crippen MR) is 52.1 cm³/mol. The molecule has 1 aliphatic carbocycles. The molecular weight excluding hydrogens is 146 g/mol. The summed E-state index contributed by atoms with van der Waals surface area (Å²) in [6.45, 7) is 7.37. The maximum atomic E-state index is 3.54. The molecule has 1 saturated carbocycles. The average molecular weight is 167 g/mol. The normalized spacial score (nSPS) is 41.8. The maximum Gasteiger partial charge on any atom is 0.00110 e. The van der Waals surface area contributed by atoms with Crippen LogP contribution in [-0.2, 0) is 0 Å². The molecule has 2 atom stereocenters. The molecule has 70 valence electrons. The topological polar surface area (TPSA) is 12.0 Å². The van der Waals surface area contributed by atoms with E-state index in [0.29, 0.717) is 5.41 Å². The van der Waals surface area contributed by atoms with Crippen LogP contribution in [0.3, 0.4) is 0 Å². The van der Waals surface area contributed by atoms with E-state index in [0.717, 1.165) is 11.8 Å². The fourth-order valence-electron chi connectivity index (χ4n) is 3.50. The van der Waals surface area contributed by atoms with Crippen LogP contribution in [-0.4, -0.2) is 13.1 Å². The molecule has 1 spiro atoms. The molecule has 0 amide bonds. The van der Waals surface area contributed by atoms with Crippen LogP contribution in [0.1, 0.15) is 39.5 Å². The van der Waals surface area contributed by atoms with Gasteiger partial charge >= 0.3 is 0 Å². The van der Waals surface area contributed by atoms with Crippen molar-refractivity contribution >= 4 is 0 Å². The van der Waals surface area contributed by atoms with Gasteiger partial charge < -0.3 is 5.32 Å². The summed E-state index contributed by atoms with van der Waals surface area (Å²) >= 11 is 0. The molecule has 1 heteroatoms. The third-order valence-electron chi connectivity index (χ3n) is 4.06. The van der Waals surface area contributed by atoms with Crippen LogP contribution in [0.2, 0.25) is 0 Å². The Morgan fingerprint density at radius 2 is 2.17 bits per heavy atom. The lowest BCUT2D eigenvalue weighted by molar-refractivity contribution is 0.175. The summed E-state index contributed by atoms with van der Waals surface area (Å²) in [5, 5.41) is 3.54. The second-order valence-corrected chi connectivity index (χ2v) is 5.03. The molecule has 12 heavy (non-hydrogen) atoms. The summed E-state index contributed by atoms with van der Waals surface area (Å²) in [7, 11) is 0. The molecule has 2 unspecified atom stereocenters. The van der Waals surface area contributed by atoms with E-state index < -0.39 is 0 Å². The van der Waals surface area contributed by atoms with Gasteiger partial charge in [0.15, 0.2) is 0 Å². The lowest BCUT2D eigenvalue weighted by atomic mass is 9.72. The molecule has 1 saturated heterocycles. The van der Waals surface area contributed by atoms with Gasteiger partial charge in [0.1, 0.15) is 0 Å². The van der Waals surface area contributed by atoms with Crippen LogP contribution in [0.15, 0.2) is 0 Å². The highest BCUT2D eigenvalue weighted by Crippen LogP contribution is 2.50. The smallest absolute Gasteiger partial charge is 0.00110 e. The van der Waals surface area contributed by atoms with E-state index >= 15 is 0 Å². The zero-order chi connectivity index (χ0) is 8.60. The van der Waals surface area contributed by atoms with Crippen LogP contribution in [0, 0.1) is 17.3 Å². The van der Waals surface area contributed by atoms with Crippen molar-refractivity contribution in [3.8, 4) is 0 Å². The van der Waals surface area contributed by atoms with Crippen LogP contribution >= 0.6 is 0 Å². The van der Waals surface area contributed by atoms with E-state index in [1.807, 2.05) is 0 Å². The van der Waals surface area contributed by atoms with Gasteiger partial charge in [-0.25, -0.2) is 0 Å². The maximum absolute atomic E-state index is 3.54. The summed E-state index contributed by atoms with van der Waals surface area (Å²) < 4.78 is 0. The molecule has 1 heterocycles. The zero-order valence-electron chi connectivity index (χ0n) is 8.40. The van der Waals surface area contributed by atoms with E-state index in [1.54, 1.807) is 0 Å². The third kappa shape index (κ3) is 1.19. The first-order valence-electron chi connectivity index (χ1n) is 5.45. The molecule has 1 aliphatic heterocycles. The molecule has 0 bridgehead atoms. The minimum atomic E-state index is 0.716. The highest BCUT2D eigenvalue weighted by molar-refractivity contribution is 4.98. The lowest BCUT2D eigenvalue weighted by Crippen LogP contribution is -2.31. The van der Waals surface area contributed by atoms with Crippen LogP contribution in [0.25, 0.3) is 0 Å². The molecule has 0 aromatic rings. The van der Waals surface area contributed by atoms with Gasteiger partial charge in [0, 0.05) is 6.54 Å². The van der Waals surface area contributed by atoms with E-state index in [2.05, 4.69) is 19.2 Å². The predicted octanol–water partition coefficient (Wildman–Crippen LogP) is 2.42. The van der Waals surface area contributed by atoms with Crippen LogP contribution in [0.5, 0.6) is 0 Å². The molecule has 1 nitrogen and oxygen atoms in total. The average Bonchev–Trinajstić information content (AvgIpc) is 2.61. The van der Waals surface area contributed by atoms with Crippen molar-refractivity contribution in [1.82, 2.24) is 5.32 Å². The molecular formula is C11H21N. The van der Waals surface area contributed by atoms with Gasteiger partial charge in [0.2, 0.25) is 0 Å². The van der Waals surface area contributed by atoms with Crippen molar-refractivity contribution in [2.24, 2.45) is 17.3 Å². The van der Waals surface area contributed by atoms with Crippen molar-refractivity contribution in [2.45, 2.75) is 39.5 Å². The highest BCUT2D eigenvalue weighted by Gasteiger charge is 2.45. The first-order valence-corrected chi connectivity index (χ1v) is 5.45. The number of hydrogen-bond acceptors (Lipinski definition) is 1. The highest BCUT2D eigenvalue weighted by atomic mass is 14.9. The minimum absolute atomic E-state index is 0.716. The Morgan fingerprint density at radius 1 is 1.33 bits per heavy atom. The zero-order valence-corrected chi connectivity index (χ0v) is 8.40. The van der Waals surface area contributed by atoms with Crippen molar-refractivity contribution in [1.29, 1.82) is 0 Å². The fraction of sp³-hybridized carbons (Fsp3) is 1.00. The van der Waals surface area contributed by atoms with Gasteiger partial charge in [-0.15, -0.1) is 0 Å². The minimum Gasteiger partial charge on any atom is -0.316 e. The summed E-state index contributed by atoms with van der Waals surface area (Å²) in [5.74, 6) is 1.90. The number of rotatable bonds is 1. The van der Waals surface area contributed by atoms with Crippen molar-refractivity contribution in [2.75, 3.05) is 13.1 Å². The second kappa shape index (κ2) is 3.02. The van der Waals surface area contributed by atoms with E-state index in [1.165, 1.54) is 38.8 Å². The molecule has 0 aromatic carbocycles. The molecule has 1 N–H and O–H groups in total. The van der Waals surface area contributed by atoms with Crippen molar-refractivity contribution in [3.05, 3.63) is 0 Å². The lowest BCUT2D eigenvalue weighted by Gasteiger charge is -2.33. The Balaban J connectivity index is 2.12. The standard InChI is InChI=1S/C11H21N/c1-9(2)10-4-3-5-11(10)6-7-12-8-11/h9-10,12H,3-8H2,1-2H3. The molecule has 2 aliphatic rings. The Kier molecular flexibility index (Phi) is 2.16. The van der Waals surface area contributed by atoms with Gasteiger partial charge in [0.05, 0.1) is 0 Å². The number of hydrogen-bond donors (Lipinski definition) is 1. The summed E-state index contributed by atoms with van der Waals surface area (Å²) in [4.78, 5) is 0. The second-order valence-electron chi connectivity index (χ2n) is 5.03. The van der Waals surface area contributed by atoms with Gasteiger partial charge in [-0.05, 0) is 43.1 Å². The van der Waals surface area contributed by atoms with E-state index in [4.69, 9.17) is 0 Å². The summed E-state index contributed by atoms with van der Waals surface area (Å²) in [6, 6.07) is 0.